The Bertz CT molecular complexity index is 4600. The van der Waals surface area contributed by atoms with E-state index in [0.29, 0.717) is 70.8 Å². The van der Waals surface area contributed by atoms with Crippen LogP contribution in [0.5, 0.6) is 5.75 Å². The quantitative estimate of drug-likeness (QED) is 0.0462. The summed E-state index contributed by atoms with van der Waals surface area (Å²) < 4.78 is 46.8. The van der Waals surface area contributed by atoms with Crippen molar-refractivity contribution in [2.75, 3.05) is 42.2 Å². The maximum absolute atomic E-state index is 13.4. The number of rotatable bonds is 25. The van der Waals surface area contributed by atoms with E-state index in [4.69, 9.17) is 28.4 Å². The van der Waals surface area contributed by atoms with Crippen LogP contribution < -0.4 is 26.0 Å². The number of fused-ring (bicyclic) bond motifs is 12. The molecule has 34 nitrogen and oxygen atoms in total. The van der Waals surface area contributed by atoms with Crippen molar-refractivity contribution in [3.8, 4) is 5.75 Å². The molecule has 12 fully saturated rings. The summed E-state index contributed by atoms with van der Waals surface area (Å²) in [5.74, 6) is -7.68. The third kappa shape index (κ3) is 21.7. The van der Waals surface area contributed by atoms with Crippen molar-refractivity contribution in [2.45, 2.75) is 303 Å². The fourth-order valence-electron chi connectivity index (χ4n) is 24.7. The van der Waals surface area contributed by atoms with Crippen LogP contribution in [0, 0.1) is 98.6 Å². The van der Waals surface area contributed by atoms with Crippen molar-refractivity contribution < 1.29 is 144 Å². The van der Waals surface area contributed by atoms with Crippen LogP contribution in [0.15, 0.2) is 24.3 Å². The summed E-state index contributed by atoms with van der Waals surface area (Å²) in [6.45, 7) is 17.8. The summed E-state index contributed by atoms with van der Waals surface area (Å²) in [5, 5.41) is 19.7. The van der Waals surface area contributed by atoms with Gasteiger partial charge in [-0.05, 0) is 176 Å². The molecule has 1 aromatic rings. The average Bonchev–Trinajstić information content (AvgIpc) is 1.57. The van der Waals surface area contributed by atoms with Crippen molar-refractivity contribution in [1.82, 2.24) is 21.3 Å². The molecule has 716 valence electrons. The Morgan fingerprint density at radius 2 is 0.677 bits per heavy atom. The minimum atomic E-state index is -1.22. The normalized spacial score (nSPS) is 34.6. The number of nitrogens with one attached hydrogen (secondary N) is 4. The Morgan fingerprint density at radius 3 is 0.962 bits per heavy atom. The molecule has 4 amide bonds. The van der Waals surface area contributed by atoms with E-state index in [0.717, 1.165) is 38.4 Å². The van der Waals surface area contributed by atoms with Crippen LogP contribution in [0.2, 0.25) is 0 Å². The Morgan fingerprint density at radius 1 is 0.385 bits per heavy atom. The topological polar surface area (TPSA) is 493 Å². The van der Waals surface area contributed by atoms with Gasteiger partial charge in [-0.2, -0.15) is 0 Å². The molecule has 23 atom stereocenters. The van der Waals surface area contributed by atoms with Gasteiger partial charge in [0, 0.05) is 131 Å². The molecule has 34 heteroatoms. The SMILES string of the molecule is COC(=O)C[C@H](NC(=O)CC[C@@]1(C)OC(=O)CC[C@@H]2[C@@H]1C(=O)C[C@]1(C)C(=O)CC[C@@H]21)C(=O)OC.COC(=O)[C@@H](NC(=O)CC[C@@]1(C)OC(=O)CC[C@@H]2[C@@H]1C(=O)C[C@]1(C)C(=O)CC[C@@H]21)C(C)C.COC(=O)[C@H](CO)NC(=O)CC[C@@]1(C)OC(=O)CC[C@@H]2[C@@H]1C(=O)C[C@]1(C)C(=O)CC[C@@H]21.COc1ccc(CNC(=O)CC[C@@]2(C)OC(=O)CC[C@@H]3[C@@H]2C(=O)C[C@]2(C)C(=O)CC[C@@H]32)cc1. The van der Waals surface area contributed by atoms with Crippen molar-refractivity contribution in [3.05, 3.63) is 29.8 Å². The third-order valence-electron chi connectivity index (χ3n) is 31.5. The zero-order chi connectivity index (χ0) is 95.9. The second-order valence-electron chi connectivity index (χ2n) is 40.1. The van der Waals surface area contributed by atoms with E-state index in [9.17, 15) is 101 Å². The van der Waals surface area contributed by atoms with Crippen LogP contribution in [0.25, 0.3) is 0 Å². The number of benzene rings is 1. The van der Waals surface area contributed by atoms with Crippen LogP contribution in [0.4, 0.5) is 0 Å². The molecule has 8 aliphatic carbocycles. The van der Waals surface area contributed by atoms with Gasteiger partial charge in [-0.15, -0.1) is 0 Å². The summed E-state index contributed by atoms with van der Waals surface area (Å²) in [6, 6.07) is 4.27. The highest BCUT2D eigenvalue weighted by molar-refractivity contribution is 6.00. The lowest BCUT2D eigenvalue weighted by Crippen LogP contribution is -2.55. The number of hydrogen-bond donors (Lipinski definition) is 5. The number of esters is 8. The van der Waals surface area contributed by atoms with E-state index in [1.807, 2.05) is 52.0 Å². The molecule has 1 aromatic carbocycles. The van der Waals surface area contributed by atoms with Crippen molar-refractivity contribution in [3.63, 3.8) is 0 Å². The lowest BCUT2D eigenvalue weighted by atomic mass is 9.55. The van der Waals surface area contributed by atoms with E-state index in [1.165, 1.54) is 14.2 Å². The molecule has 12 aliphatic rings. The number of carbonyl (C=O) groups is 20. The molecular weight excluding hydrogens is 1690 g/mol. The molecule has 0 radical (unpaired) electrons. The van der Waals surface area contributed by atoms with Gasteiger partial charge >= 0.3 is 47.8 Å². The predicted molar refractivity (Wildman–Crippen MR) is 457 cm³/mol. The van der Waals surface area contributed by atoms with Crippen LogP contribution >= 0.6 is 0 Å². The van der Waals surface area contributed by atoms with Gasteiger partial charge in [0.05, 0.1) is 72.2 Å². The summed E-state index contributed by atoms with van der Waals surface area (Å²) in [6.07, 6.45) is 8.22. The van der Waals surface area contributed by atoms with Gasteiger partial charge in [0.2, 0.25) is 23.6 Å². The number of cyclic esters (lactones) is 4. The fraction of sp³-hybridized carbons (Fsp3) is 0.729. The van der Waals surface area contributed by atoms with Crippen molar-refractivity contribution >= 4 is 118 Å². The monoisotopic (exact) mass is 1820 g/mol. The molecule has 0 spiro atoms. The van der Waals surface area contributed by atoms with Gasteiger partial charge in [-0.25, -0.2) is 14.4 Å². The Kier molecular flexibility index (Phi) is 32.5. The van der Waals surface area contributed by atoms with Crippen LogP contribution in [0.1, 0.15) is 261 Å². The summed E-state index contributed by atoms with van der Waals surface area (Å²) in [4.78, 5) is 251. The number of aliphatic hydroxyl groups excluding tert-OH is 1. The lowest BCUT2D eigenvalue weighted by Gasteiger charge is -2.48. The largest absolute Gasteiger partial charge is 0.497 e. The average molecular weight is 1820 g/mol. The van der Waals surface area contributed by atoms with Gasteiger partial charge < -0.3 is 69.0 Å². The first-order valence-electron chi connectivity index (χ1n) is 45.9. The van der Waals surface area contributed by atoms with E-state index < -0.39 is 147 Å². The highest BCUT2D eigenvalue weighted by atomic mass is 16.6. The minimum absolute atomic E-state index is 0.00135. The Balaban J connectivity index is 0.000000180. The maximum Gasteiger partial charge on any atom is 0.330 e. The van der Waals surface area contributed by atoms with E-state index in [-0.39, 0.29) is 226 Å². The number of aliphatic hydroxyl groups is 1. The zero-order valence-electron chi connectivity index (χ0n) is 77.8. The van der Waals surface area contributed by atoms with Crippen LogP contribution in [0.3, 0.4) is 0 Å². The number of methoxy groups -OCH3 is 5. The van der Waals surface area contributed by atoms with Crippen LogP contribution in [-0.4, -0.2) is 205 Å². The first-order valence-corrected chi connectivity index (χ1v) is 45.9. The molecule has 4 heterocycles. The highest BCUT2D eigenvalue weighted by Gasteiger charge is 2.67. The number of amides is 4. The highest BCUT2D eigenvalue weighted by Crippen LogP contribution is 2.63. The minimum Gasteiger partial charge on any atom is -0.497 e. The first kappa shape index (κ1) is 102. The maximum atomic E-state index is 13.4. The molecule has 0 aromatic heterocycles. The van der Waals surface area contributed by atoms with Gasteiger partial charge in [0.15, 0.2) is 6.04 Å². The molecule has 13 rings (SSSR count). The van der Waals surface area contributed by atoms with Gasteiger partial charge in [0.25, 0.3) is 0 Å². The standard InChI is InChI=1S/C26H33NO6.C24H33NO9.C24H35NO7.C22H31NO8/c1-25-14-20(28)24-18(19(25)9-10-21(25)29)8-11-23(31)33-26(24,2)13-12-22(30)27-15-16-4-6-17(32-3)7-5-16;1-23-12-16(26)21-13(14(23)6-7-17(23)27)5-8-19(29)34-24(21,2)10-9-18(28)25-15(22(31)33-4)11-20(30)32-3;1-13(2)21(22(30)31-5)25-18(28)10-11-24(4)20-14(6-9-19(29)32-24)15-7-8-17(27)23(15,3)12-16(20)26;1-21-10-15(25)19-12(13(21)5-6-16(21)26)4-7-18(28)31-22(19,2)9-8-17(27)23-14(11-24)20(29)30-3/h4-7,18-19,24H,8-15H2,1-3H3,(H,27,30);13-15,21H,5-12H2,1-4H3,(H,25,28);13-15,20-21H,6-12H2,1-5H3,(H,25,28);12-14,19,24H,4-11H2,1-3H3,(H,23,27)/t18-,19-,24+,25-,26+;13-,14-,15-,21+,23-,24+;14-,15-,20+,21-,23-,24+;12-,13-,14-,19+,21-,22+/m0000/s1. The molecule has 8 saturated carbocycles. The first-order chi connectivity index (χ1) is 61.1. The molecule has 4 aliphatic heterocycles. The summed E-state index contributed by atoms with van der Waals surface area (Å²) in [5.41, 5.74) is -6.29. The number of ether oxygens (including phenoxy) is 9. The molecule has 5 N–H and O–H groups in total. The number of Topliss-reactive ketones (excluding diaryl/α,β-unsaturated/α-hetero) is 8. The summed E-state index contributed by atoms with van der Waals surface area (Å²) in [7, 11) is 6.33. The number of hydrogen-bond acceptors (Lipinski definition) is 30. The smallest absolute Gasteiger partial charge is 0.330 e. The zero-order valence-corrected chi connectivity index (χ0v) is 77.8. The Hall–Kier alpha value is -10.0. The molecule has 0 unspecified atom stereocenters. The Labute approximate surface area is 757 Å². The van der Waals surface area contributed by atoms with Gasteiger partial charge in [-0.1, -0.05) is 53.7 Å². The lowest BCUT2D eigenvalue weighted by molar-refractivity contribution is -0.173. The number of carbonyl (C=O) groups excluding carboxylic acids is 20. The van der Waals surface area contributed by atoms with E-state index >= 15 is 0 Å². The van der Waals surface area contributed by atoms with E-state index in [2.05, 4.69) is 35.5 Å². The number of ketones is 8. The van der Waals surface area contributed by atoms with Crippen molar-refractivity contribution in [1.29, 1.82) is 0 Å². The van der Waals surface area contributed by atoms with Crippen LogP contribution in [-0.2, 0) is 140 Å². The van der Waals surface area contributed by atoms with Gasteiger partial charge in [-0.3, -0.25) is 81.5 Å². The van der Waals surface area contributed by atoms with Gasteiger partial charge in [0.1, 0.15) is 86.5 Å². The molecular formula is C96H132N4O30. The van der Waals surface area contributed by atoms with E-state index in [1.54, 1.807) is 48.7 Å². The fourth-order valence-corrected chi connectivity index (χ4v) is 24.7. The molecule has 0 bridgehead atoms. The third-order valence-corrected chi connectivity index (χ3v) is 31.5. The predicted octanol–water partition coefficient (Wildman–Crippen LogP) is 7.72. The van der Waals surface area contributed by atoms with Crippen molar-refractivity contribution in [2.24, 2.45) is 98.6 Å². The molecule has 4 saturated heterocycles. The molecule has 130 heavy (non-hydrogen) atoms. The second-order valence-corrected chi connectivity index (χ2v) is 40.1. The second kappa shape index (κ2) is 41.4. The summed E-state index contributed by atoms with van der Waals surface area (Å²) >= 11 is 0.